The van der Waals surface area contributed by atoms with Gasteiger partial charge in [0, 0.05) is 23.6 Å². The Morgan fingerprint density at radius 1 is 1.21 bits per heavy atom. The highest BCUT2D eigenvalue weighted by molar-refractivity contribution is 8.00. The molecule has 0 aliphatic carbocycles. The maximum atomic E-state index is 13.8. The van der Waals surface area contributed by atoms with E-state index in [1.54, 1.807) is 18.2 Å². The molecule has 0 unspecified atom stereocenters. The second kappa shape index (κ2) is 8.55. The van der Waals surface area contributed by atoms with E-state index in [4.69, 9.17) is 0 Å². The summed E-state index contributed by atoms with van der Waals surface area (Å²) in [5.41, 5.74) is 0.329. The van der Waals surface area contributed by atoms with Crippen LogP contribution in [-0.2, 0) is 16.0 Å². The largest absolute Gasteiger partial charge is 0.491 e. The van der Waals surface area contributed by atoms with Crippen LogP contribution in [0.5, 0.6) is 5.75 Å². The molecule has 1 aliphatic heterocycles. The molecule has 3 rings (SSSR count). The number of amides is 2. The molecule has 148 valence electrons. The highest BCUT2D eigenvalue weighted by Gasteiger charge is 2.33. The number of benzene rings is 2. The number of anilines is 1. The molecule has 0 radical (unpaired) electrons. The van der Waals surface area contributed by atoms with Crippen molar-refractivity contribution in [3.8, 4) is 5.75 Å². The molecule has 0 aromatic heterocycles. The van der Waals surface area contributed by atoms with E-state index < -0.39 is 40.5 Å². The van der Waals surface area contributed by atoms with Crippen LogP contribution in [0.25, 0.3) is 0 Å². The lowest BCUT2D eigenvalue weighted by Crippen LogP contribution is -2.52. The summed E-state index contributed by atoms with van der Waals surface area (Å²) >= 11 is 1.23. The number of methoxy groups -OCH3 is 1. The number of halogens is 3. The number of rotatable bonds is 5. The van der Waals surface area contributed by atoms with E-state index in [0.717, 1.165) is 19.2 Å². The average Bonchev–Trinajstić information content (AvgIpc) is 2.64. The van der Waals surface area contributed by atoms with Crippen LogP contribution in [0.4, 0.5) is 18.9 Å². The Bertz CT molecular complexity index is 887. The Balaban J connectivity index is 1.61. The normalized spacial score (nSPS) is 19.1. The fourth-order valence-electron chi connectivity index (χ4n) is 2.81. The summed E-state index contributed by atoms with van der Waals surface area (Å²) in [6.07, 6.45) is 0.201. The Morgan fingerprint density at radius 2 is 1.89 bits per heavy atom. The Labute approximate surface area is 163 Å². The Morgan fingerprint density at radius 3 is 2.50 bits per heavy atom. The van der Waals surface area contributed by atoms with Gasteiger partial charge in [-0.1, -0.05) is 18.2 Å². The van der Waals surface area contributed by atoms with Crippen LogP contribution in [0.15, 0.2) is 36.4 Å². The number of hydrogen-bond acceptors (Lipinski definition) is 4. The predicted molar refractivity (Wildman–Crippen MR) is 99.8 cm³/mol. The molecule has 28 heavy (non-hydrogen) atoms. The van der Waals surface area contributed by atoms with Crippen LogP contribution in [0.2, 0.25) is 0 Å². The standard InChI is InChI=1S/C19H17F3N2O3S/c1-27-17-13(21)7-11(8-14(17)22)23-18(25)15-9-28-16(19(26)24-15)6-10-4-2-3-5-12(10)20/h2-5,7-8,15-16H,6,9H2,1H3,(H,23,25)(H,24,26)/t15-,16-/m0/s1. The first kappa shape index (κ1) is 20.1. The number of carbonyl (C=O) groups is 2. The van der Waals surface area contributed by atoms with Crippen molar-refractivity contribution in [2.24, 2.45) is 0 Å². The van der Waals surface area contributed by atoms with E-state index in [1.807, 2.05) is 0 Å². The van der Waals surface area contributed by atoms with Gasteiger partial charge in [-0.2, -0.15) is 0 Å². The molecule has 5 nitrogen and oxygen atoms in total. The number of nitrogens with one attached hydrogen (secondary N) is 2. The van der Waals surface area contributed by atoms with Gasteiger partial charge in [0.05, 0.1) is 12.4 Å². The van der Waals surface area contributed by atoms with Crippen LogP contribution in [0, 0.1) is 17.5 Å². The summed E-state index contributed by atoms with van der Waals surface area (Å²) < 4.78 is 45.8. The van der Waals surface area contributed by atoms with Gasteiger partial charge in [-0.25, -0.2) is 13.2 Å². The number of ether oxygens (including phenoxy) is 1. The molecule has 2 atom stereocenters. The molecular formula is C19H17F3N2O3S. The molecule has 2 N–H and O–H groups in total. The molecular weight excluding hydrogens is 393 g/mol. The second-order valence-electron chi connectivity index (χ2n) is 6.14. The van der Waals surface area contributed by atoms with Crippen molar-refractivity contribution < 1.29 is 27.5 Å². The van der Waals surface area contributed by atoms with Gasteiger partial charge in [-0.05, 0) is 18.1 Å². The number of thioether (sulfide) groups is 1. The fraction of sp³-hybridized carbons (Fsp3) is 0.263. The van der Waals surface area contributed by atoms with Gasteiger partial charge in [0.25, 0.3) is 0 Å². The smallest absolute Gasteiger partial charge is 0.247 e. The van der Waals surface area contributed by atoms with Gasteiger partial charge in [-0.15, -0.1) is 11.8 Å². The van der Waals surface area contributed by atoms with Gasteiger partial charge in [0.2, 0.25) is 11.8 Å². The second-order valence-corrected chi connectivity index (χ2v) is 7.38. The van der Waals surface area contributed by atoms with Crippen LogP contribution in [0.1, 0.15) is 5.56 Å². The summed E-state index contributed by atoms with van der Waals surface area (Å²) in [6, 6.07) is 7.17. The van der Waals surface area contributed by atoms with Crippen molar-refractivity contribution in [2.75, 3.05) is 18.2 Å². The molecule has 1 fully saturated rings. The minimum Gasteiger partial charge on any atom is -0.491 e. The SMILES string of the molecule is COc1c(F)cc(NC(=O)[C@@H]2CS[C@@H](Cc3ccccc3F)C(=O)N2)cc1F. The van der Waals surface area contributed by atoms with Gasteiger partial charge in [0.15, 0.2) is 17.4 Å². The first-order valence-electron chi connectivity index (χ1n) is 8.38. The first-order chi connectivity index (χ1) is 13.4. The van der Waals surface area contributed by atoms with Gasteiger partial charge in [0.1, 0.15) is 11.9 Å². The maximum absolute atomic E-state index is 13.8. The van der Waals surface area contributed by atoms with E-state index in [2.05, 4.69) is 15.4 Å². The highest BCUT2D eigenvalue weighted by Crippen LogP contribution is 2.27. The lowest BCUT2D eigenvalue weighted by Gasteiger charge is -2.28. The van der Waals surface area contributed by atoms with Crippen molar-refractivity contribution >= 4 is 29.3 Å². The Hall–Kier alpha value is -2.68. The number of carbonyl (C=O) groups excluding carboxylic acids is 2. The zero-order valence-electron chi connectivity index (χ0n) is 14.8. The summed E-state index contributed by atoms with van der Waals surface area (Å²) in [5.74, 6) is -3.59. The molecule has 2 aromatic rings. The highest BCUT2D eigenvalue weighted by atomic mass is 32.2. The fourth-order valence-corrected chi connectivity index (χ4v) is 3.98. The van der Waals surface area contributed by atoms with Crippen LogP contribution in [-0.4, -0.2) is 36.0 Å². The van der Waals surface area contributed by atoms with Crippen molar-refractivity contribution in [2.45, 2.75) is 17.7 Å². The minimum atomic E-state index is -0.954. The van der Waals surface area contributed by atoms with Crippen molar-refractivity contribution in [1.29, 1.82) is 0 Å². The lowest BCUT2D eigenvalue weighted by molar-refractivity contribution is -0.126. The van der Waals surface area contributed by atoms with Crippen LogP contribution >= 0.6 is 11.8 Å². The topological polar surface area (TPSA) is 67.4 Å². The third-order valence-corrected chi connectivity index (χ3v) is 5.53. The molecule has 0 saturated carbocycles. The van der Waals surface area contributed by atoms with Crippen LogP contribution in [0.3, 0.4) is 0 Å². The van der Waals surface area contributed by atoms with E-state index in [9.17, 15) is 22.8 Å². The van der Waals surface area contributed by atoms with E-state index in [0.29, 0.717) is 5.56 Å². The van der Waals surface area contributed by atoms with Gasteiger partial charge < -0.3 is 15.4 Å². The van der Waals surface area contributed by atoms with Crippen molar-refractivity contribution in [3.63, 3.8) is 0 Å². The monoisotopic (exact) mass is 410 g/mol. The first-order valence-corrected chi connectivity index (χ1v) is 9.43. The summed E-state index contributed by atoms with van der Waals surface area (Å²) in [7, 11) is 1.13. The third kappa shape index (κ3) is 4.41. The molecule has 1 heterocycles. The molecule has 0 bridgehead atoms. The summed E-state index contributed by atoms with van der Waals surface area (Å²) in [4.78, 5) is 24.6. The predicted octanol–water partition coefficient (Wildman–Crippen LogP) is 2.89. The maximum Gasteiger partial charge on any atom is 0.247 e. The van der Waals surface area contributed by atoms with Crippen molar-refractivity contribution in [3.05, 3.63) is 59.4 Å². The van der Waals surface area contributed by atoms with E-state index in [1.165, 1.54) is 17.8 Å². The minimum absolute atomic E-state index is 0.0893. The number of hydrogen-bond donors (Lipinski definition) is 2. The lowest BCUT2D eigenvalue weighted by atomic mass is 10.1. The zero-order chi connectivity index (χ0) is 20.3. The zero-order valence-corrected chi connectivity index (χ0v) is 15.6. The molecule has 1 saturated heterocycles. The van der Waals surface area contributed by atoms with E-state index in [-0.39, 0.29) is 23.7 Å². The molecule has 2 amide bonds. The van der Waals surface area contributed by atoms with Crippen LogP contribution < -0.4 is 15.4 Å². The van der Waals surface area contributed by atoms with Gasteiger partial charge in [-0.3, -0.25) is 9.59 Å². The Kier molecular flexibility index (Phi) is 6.13. The third-order valence-electron chi connectivity index (χ3n) is 4.22. The van der Waals surface area contributed by atoms with Gasteiger partial charge >= 0.3 is 0 Å². The molecule has 9 heteroatoms. The van der Waals surface area contributed by atoms with E-state index >= 15 is 0 Å². The van der Waals surface area contributed by atoms with Crippen molar-refractivity contribution in [1.82, 2.24) is 5.32 Å². The molecule has 1 aliphatic rings. The average molecular weight is 410 g/mol. The molecule has 0 spiro atoms. The quantitative estimate of drug-likeness (QED) is 0.796. The summed E-state index contributed by atoms with van der Waals surface area (Å²) in [5, 5.41) is 4.42. The molecule has 2 aromatic carbocycles. The summed E-state index contributed by atoms with van der Waals surface area (Å²) in [6.45, 7) is 0.